The Kier molecular flexibility index (Phi) is 21.6. The number of ether oxygens (including phenoxy) is 6. The summed E-state index contributed by atoms with van der Waals surface area (Å²) in [5.41, 5.74) is 6.35. The summed E-state index contributed by atoms with van der Waals surface area (Å²) in [5.74, 6) is 5.40. The molecular formula is C53H84N2O10S. The van der Waals surface area contributed by atoms with E-state index in [1.54, 1.807) is 52.7 Å². The fourth-order valence-electron chi connectivity index (χ4n) is 10.4. The molecule has 2 fully saturated rings. The van der Waals surface area contributed by atoms with Crippen LogP contribution in [0, 0.1) is 30.6 Å². The van der Waals surface area contributed by atoms with Crippen LogP contribution in [0.15, 0.2) is 53.4 Å². The van der Waals surface area contributed by atoms with Crippen molar-refractivity contribution in [1.82, 2.24) is 9.80 Å². The van der Waals surface area contributed by atoms with Crippen LogP contribution < -0.4 is 18.9 Å². The van der Waals surface area contributed by atoms with Gasteiger partial charge in [0.2, 0.25) is 0 Å². The maximum absolute atomic E-state index is 12.5. The Hall–Kier alpha value is -3.43. The van der Waals surface area contributed by atoms with Gasteiger partial charge < -0.3 is 33.5 Å². The number of aliphatic hydroxyl groups is 1. The maximum atomic E-state index is 12.5. The summed E-state index contributed by atoms with van der Waals surface area (Å²) in [6, 6.07) is 15.9. The van der Waals surface area contributed by atoms with Gasteiger partial charge in [-0.05, 0) is 141 Å². The van der Waals surface area contributed by atoms with Gasteiger partial charge in [0.1, 0.15) is 0 Å². The van der Waals surface area contributed by atoms with Gasteiger partial charge >= 0.3 is 0 Å². The standard InChI is InChI=1S/C29H41NO6S.C22H35NO4.2CH4/c1-20(2)15-23-19-30-12-11-22-16-28(33-4)29(34-5)17-25(22)26(30)18-27(23)35-13-6-14-36-37(31,32)24-9-7-21(3)8-10-24;1-15(2)10-17-14-23-7-6-16-11-21(25-3)22(26-4)12-18(16)19(23)13-20(17)27-9-5-8-24;;/h7-10,16-17,20,23,26-27H,6,11-15,18-19H2,1-5H3;11-12,15,17,19-20,24H,5-10,13-14H2,1-4H3;2*1H4/t23-,26-,27-;17-,19-,20-;;/m11../s1. The lowest BCUT2D eigenvalue weighted by atomic mass is 9.79. The molecule has 0 saturated carbocycles. The second-order valence-corrected chi connectivity index (χ2v) is 20.5. The molecule has 3 aromatic carbocycles. The molecule has 3 aromatic rings. The third-order valence-corrected chi connectivity index (χ3v) is 14.8. The zero-order valence-electron chi connectivity index (χ0n) is 40.0. The number of fused-ring (bicyclic) bond motifs is 6. The summed E-state index contributed by atoms with van der Waals surface area (Å²) >= 11 is 0. The average Bonchev–Trinajstić information content (AvgIpc) is 3.28. The second-order valence-electron chi connectivity index (χ2n) is 18.9. The maximum Gasteiger partial charge on any atom is 0.296 e. The summed E-state index contributed by atoms with van der Waals surface area (Å²) in [5, 5.41) is 9.12. The molecule has 0 bridgehead atoms. The highest BCUT2D eigenvalue weighted by atomic mass is 32.2. The second kappa shape index (κ2) is 25.8. The first kappa shape index (κ1) is 55.2. The first-order chi connectivity index (χ1) is 30.8. The number of methoxy groups -OCH3 is 4. The van der Waals surface area contributed by atoms with E-state index in [2.05, 4.69) is 61.8 Å². The van der Waals surface area contributed by atoms with Gasteiger partial charge in [0.05, 0.1) is 52.1 Å². The van der Waals surface area contributed by atoms with Crippen molar-refractivity contribution in [3.63, 3.8) is 0 Å². The van der Waals surface area contributed by atoms with Crippen LogP contribution >= 0.6 is 0 Å². The molecule has 4 aliphatic heterocycles. The molecule has 4 aliphatic rings. The van der Waals surface area contributed by atoms with Gasteiger partial charge in [-0.3, -0.25) is 14.0 Å². The lowest BCUT2D eigenvalue weighted by molar-refractivity contribution is -0.0662. The average molecular weight is 941 g/mol. The lowest BCUT2D eigenvalue weighted by Gasteiger charge is -2.47. The Morgan fingerprint density at radius 2 is 1.06 bits per heavy atom. The Bertz CT molecular complexity index is 2040. The van der Waals surface area contributed by atoms with Crippen LogP contribution in [0.25, 0.3) is 0 Å². The zero-order chi connectivity index (χ0) is 46.0. The SMILES string of the molecule is C.C.COc1cc2c(cc1OC)[C@H]1C[C@@H](OCCCO)[C@H](CC(C)C)CN1CC2.COc1cc2c(cc1OC)[C@H]1C[C@@H](OCCCOS(=O)(=O)c3ccc(C)cc3)[C@H](CC(C)C)CN1CC2. The van der Waals surface area contributed by atoms with Gasteiger partial charge in [-0.25, -0.2) is 0 Å². The van der Waals surface area contributed by atoms with Gasteiger partial charge in [-0.15, -0.1) is 0 Å². The normalized spacial score (nSPS) is 22.6. The first-order valence-electron chi connectivity index (χ1n) is 23.6. The summed E-state index contributed by atoms with van der Waals surface area (Å²) in [6.07, 6.45) is 7.84. The van der Waals surface area contributed by atoms with E-state index in [1.165, 1.54) is 28.7 Å². The molecular weight excluding hydrogens is 857 g/mol. The van der Waals surface area contributed by atoms with Gasteiger partial charge in [0, 0.05) is 58.1 Å². The molecule has 0 amide bonds. The predicted molar refractivity (Wildman–Crippen MR) is 264 cm³/mol. The first-order valence-corrected chi connectivity index (χ1v) is 25.0. The van der Waals surface area contributed by atoms with Crippen molar-refractivity contribution >= 4 is 10.1 Å². The number of benzene rings is 3. The number of hydrogen-bond acceptors (Lipinski definition) is 12. The molecule has 66 heavy (non-hydrogen) atoms. The van der Waals surface area contributed by atoms with Gasteiger partial charge in [-0.1, -0.05) is 60.2 Å². The molecule has 12 nitrogen and oxygen atoms in total. The van der Waals surface area contributed by atoms with E-state index in [-0.39, 0.29) is 51.2 Å². The molecule has 4 heterocycles. The van der Waals surface area contributed by atoms with E-state index in [9.17, 15) is 8.42 Å². The highest BCUT2D eigenvalue weighted by molar-refractivity contribution is 7.86. The molecule has 0 aromatic heterocycles. The van der Waals surface area contributed by atoms with Crippen molar-refractivity contribution in [3.05, 3.63) is 76.3 Å². The zero-order valence-corrected chi connectivity index (χ0v) is 40.8. The minimum atomic E-state index is -3.76. The minimum Gasteiger partial charge on any atom is -0.493 e. The van der Waals surface area contributed by atoms with Crippen LogP contribution in [0.3, 0.4) is 0 Å². The van der Waals surface area contributed by atoms with Crippen molar-refractivity contribution in [1.29, 1.82) is 0 Å². The van der Waals surface area contributed by atoms with Crippen LogP contribution in [0.2, 0.25) is 0 Å². The number of piperidine rings is 2. The quantitative estimate of drug-likeness (QED) is 0.0909. The fraction of sp³-hybridized carbons (Fsp3) is 0.660. The van der Waals surface area contributed by atoms with E-state index in [1.807, 2.05) is 6.92 Å². The highest BCUT2D eigenvalue weighted by Gasteiger charge is 2.41. The summed E-state index contributed by atoms with van der Waals surface area (Å²) in [4.78, 5) is 5.41. The predicted octanol–water partition coefficient (Wildman–Crippen LogP) is 9.87. The molecule has 0 unspecified atom stereocenters. The van der Waals surface area contributed by atoms with Crippen LogP contribution in [0.5, 0.6) is 23.0 Å². The summed E-state index contributed by atoms with van der Waals surface area (Å²) < 4.78 is 65.1. The van der Waals surface area contributed by atoms with Gasteiger partial charge in [0.15, 0.2) is 23.0 Å². The number of aryl methyl sites for hydroxylation is 1. The Morgan fingerprint density at radius 3 is 1.47 bits per heavy atom. The fourth-order valence-corrected chi connectivity index (χ4v) is 11.4. The number of rotatable bonds is 19. The topological polar surface area (TPSA) is 125 Å². The Morgan fingerprint density at radius 1 is 0.636 bits per heavy atom. The minimum absolute atomic E-state index is 0. The molecule has 2 saturated heterocycles. The number of nitrogens with zero attached hydrogens (tertiary/aromatic N) is 2. The molecule has 0 spiro atoms. The number of hydrogen-bond donors (Lipinski definition) is 1. The lowest BCUT2D eigenvalue weighted by Crippen LogP contribution is -2.49. The third-order valence-electron chi connectivity index (χ3n) is 13.5. The van der Waals surface area contributed by atoms with E-state index in [0.717, 1.165) is 86.8 Å². The largest absolute Gasteiger partial charge is 0.493 e. The van der Waals surface area contributed by atoms with Crippen molar-refractivity contribution in [2.45, 2.75) is 130 Å². The molecule has 7 rings (SSSR count). The molecule has 1 N–H and O–H groups in total. The van der Waals surface area contributed by atoms with Crippen LogP contribution in [-0.2, 0) is 36.6 Å². The number of aliphatic hydroxyl groups excluding tert-OH is 1. The monoisotopic (exact) mass is 941 g/mol. The van der Waals surface area contributed by atoms with Crippen LogP contribution in [-0.4, -0.2) is 117 Å². The molecule has 6 atom stereocenters. The Balaban J connectivity index is 0.000000293. The van der Waals surface area contributed by atoms with Crippen molar-refractivity contribution in [2.24, 2.45) is 23.7 Å². The summed E-state index contributed by atoms with van der Waals surface area (Å²) in [6.45, 7) is 16.6. The third kappa shape index (κ3) is 13.9. The molecule has 13 heteroatoms. The molecule has 0 aliphatic carbocycles. The molecule has 0 radical (unpaired) electrons. The van der Waals surface area contributed by atoms with E-state index in [4.69, 9.17) is 37.7 Å². The van der Waals surface area contributed by atoms with Crippen LogP contribution in [0.4, 0.5) is 0 Å². The van der Waals surface area contributed by atoms with Gasteiger partial charge in [-0.2, -0.15) is 8.42 Å². The Labute approximate surface area is 398 Å². The smallest absolute Gasteiger partial charge is 0.296 e. The van der Waals surface area contributed by atoms with Crippen molar-refractivity contribution in [3.8, 4) is 23.0 Å². The van der Waals surface area contributed by atoms with Gasteiger partial charge in [0.25, 0.3) is 10.1 Å². The van der Waals surface area contributed by atoms with Crippen molar-refractivity contribution in [2.75, 3.05) is 81.0 Å². The van der Waals surface area contributed by atoms with E-state index in [0.29, 0.717) is 55.8 Å². The van der Waals surface area contributed by atoms with Crippen molar-refractivity contribution < 1.29 is 46.1 Å². The van der Waals surface area contributed by atoms with Crippen LogP contribution in [0.1, 0.15) is 121 Å². The van der Waals surface area contributed by atoms with E-state index >= 15 is 0 Å². The van der Waals surface area contributed by atoms with E-state index < -0.39 is 10.1 Å². The molecule has 372 valence electrons. The summed E-state index contributed by atoms with van der Waals surface area (Å²) in [7, 11) is 3.00. The highest BCUT2D eigenvalue weighted by Crippen LogP contribution is 2.46.